The van der Waals surface area contributed by atoms with E-state index in [2.05, 4.69) is 32.6 Å². The van der Waals surface area contributed by atoms with E-state index in [1.165, 1.54) is 0 Å². The first kappa shape index (κ1) is 12.7. The summed E-state index contributed by atoms with van der Waals surface area (Å²) in [6.07, 6.45) is 0. The van der Waals surface area contributed by atoms with Gasteiger partial charge in [0.25, 0.3) is 0 Å². The van der Waals surface area contributed by atoms with E-state index in [1.54, 1.807) is 0 Å². The number of aromatic amines is 2. The van der Waals surface area contributed by atoms with Crippen molar-refractivity contribution in [2.24, 2.45) is 0 Å². The summed E-state index contributed by atoms with van der Waals surface area (Å²) in [5, 5.41) is -0.226. The number of imidazole rings is 1. The second-order valence-electron chi connectivity index (χ2n) is 4.27. The molecule has 0 spiro atoms. The van der Waals surface area contributed by atoms with E-state index in [9.17, 15) is 4.79 Å². The minimum Gasteiger partial charge on any atom is -0.306 e. The summed E-state index contributed by atoms with van der Waals surface area (Å²) >= 11 is 8.81. The van der Waals surface area contributed by atoms with Crippen LogP contribution in [0.2, 0.25) is 0 Å². The normalized spacial score (nSPS) is 12.7. The molecule has 3 nitrogen and oxygen atoms in total. The van der Waals surface area contributed by atoms with E-state index in [0.717, 1.165) is 25.7 Å². The lowest BCUT2D eigenvalue weighted by Crippen LogP contribution is -1.99. The van der Waals surface area contributed by atoms with Gasteiger partial charge in [0, 0.05) is 3.57 Å². The van der Waals surface area contributed by atoms with Gasteiger partial charge in [-0.05, 0) is 51.9 Å². The second-order valence-corrected chi connectivity index (χ2v) is 5.87. The van der Waals surface area contributed by atoms with Crippen LogP contribution in [-0.4, -0.2) is 9.97 Å². The van der Waals surface area contributed by atoms with Crippen molar-refractivity contribution < 1.29 is 0 Å². The summed E-state index contributed by atoms with van der Waals surface area (Å²) in [5.74, 6) is 0. The maximum absolute atomic E-state index is 11.2. The Labute approximate surface area is 128 Å². The van der Waals surface area contributed by atoms with Gasteiger partial charge in [0.05, 0.1) is 16.4 Å². The quantitative estimate of drug-likeness (QED) is 0.512. The molecule has 1 unspecified atom stereocenters. The molecule has 0 fully saturated rings. The molecule has 0 saturated heterocycles. The fraction of sp³-hybridized carbons (Fsp3) is 0.0714. The number of nitrogens with one attached hydrogen (secondary N) is 2. The molecule has 1 aromatic heterocycles. The molecule has 0 bridgehead atoms. The molecule has 0 aliphatic carbocycles. The number of fused-ring (bicyclic) bond motifs is 1. The van der Waals surface area contributed by atoms with Crippen LogP contribution in [0.15, 0.2) is 47.3 Å². The minimum absolute atomic E-state index is 0.201. The zero-order chi connectivity index (χ0) is 13.4. The Morgan fingerprint density at radius 1 is 1.05 bits per heavy atom. The third-order valence-corrected chi connectivity index (χ3v) is 4.48. The summed E-state index contributed by atoms with van der Waals surface area (Å²) in [7, 11) is 0. The molecular formula is C14H10ClIN2O. The molecule has 3 aromatic rings. The lowest BCUT2D eigenvalue weighted by atomic mass is 10.0. The zero-order valence-corrected chi connectivity index (χ0v) is 12.7. The largest absolute Gasteiger partial charge is 0.323 e. The van der Waals surface area contributed by atoms with Crippen LogP contribution < -0.4 is 5.69 Å². The van der Waals surface area contributed by atoms with Crippen LogP contribution >= 0.6 is 34.2 Å². The molecule has 1 atom stereocenters. The molecule has 0 aliphatic heterocycles. The molecule has 2 aromatic carbocycles. The van der Waals surface area contributed by atoms with Gasteiger partial charge in [0.15, 0.2) is 0 Å². The highest BCUT2D eigenvalue weighted by atomic mass is 127. The summed E-state index contributed by atoms with van der Waals surface area (Å²) < 4.78 is 1.13. The summed E-state index contributed by atoms with van der Waals surface area (Å²) in [6, 6.07) is 13.7. The molecule has 96 valence electrons. The van der Waals surface area contributed by atoms with E-state index in [0.29, 0.717) is 0 Å². The van der Waals surface area contributed by atoms with Gasteiger partial charge in [-0.1, -0.05) is 24.3 Å². The van der Waals surface area contributed by atoms with Crippen molar-refractivity contribution in [1.82, 2.24) is 9.97 Å². The number of H-pyrrole nitrogens is 2. The molecule has 19 heavy (non-hydrogen) atoms. The molecule has 0 aliphatic rings. The van der Waals surface area contributed by atoms with E-state index >= 15 is 0 Å². The fourth-order valence-corrected chi connectivity index (χ4v) is 3.28. The fourth-order valence-electron chi connectivity index (χ4n) is 2.07. The predicted octanol–water partition coefficient (Wildman–Crippen LogP) is 3.79. The monoisotopic (exact) mass is 384 g/mol. The van der Waals surface area contributed by atoms with Crippen LogP contribution in [-0.2, 0) is 0 Å². The van der Waals surface area contributed by atoms with Crippen LogP contribution in [0.1, 0.15) is 16.5 Å². The number of benzene rings is 2. The highest BCUT2D eigenvalue weighted by Gasteiger charge is 2.14. The van der Waals surface area contributed by atoms with Crippen molar-refractivity contribution in [3.63, 3.8) is 0 Å². The summed E-state index contributed by atoms with van der Waals surface area (Å²) in [5.41, 5.74) is 3.41. The number of rotatable bonds is 2. The maximum atomic E-state index is 11.2. The Bertz CT molecular complexity index is 793. The van der Waals surface area contributed by atoms with Crippen molar-refractivity contribution in [2.75, 3.05) is 0 Å². The van der Waals surface area contributed by atoms with Crippen LogP contribution in [0, 0.1) is 3.57 Å². The third kappa shape index (κ3) is 2.42. The Hall–Kier alpha value is -1.27. The Kier molecular flexibility index (Phi) is 3.36. The van der Waals surface area contributed by atoms with Gasteiger partial charge >= 0.3 is 5.69 Å². The van der Waals surface area contributed by atoms with Crippen LogP contribution in [0.3, 0.4) is 0 Å². The average molecular weight is 385 g/mol. The number of hydrogen-bond acceptors (Lipinski definition) is 1. The number of alkyl halides is 1. The Morgan fingerprint density at radius 2 is 1.79 bits per heavy atom. The molecule has 0 radical (unpaired) electrons. The third-order valence-electron chi connectivity index (χ3n) is 3.01. The number of aromatic nitrogens is 2. The van der Waals surface area contributed by atoms with Gasteiger partial charge in [-0.3, -0.25) is 0 Å². The van der Waals surface area contributed by atoms with E-state index < -0.39 is 0 Å². The predicted molar refractivity (Wildman–Crippen MR) is 85.8 cm³/mol. The van der Waals surface area contributed by atoms with Gasteiger partial charge in [-0.15, -0.1) is 11.6 Å². The lowest BCUT2D eigenvalue weighted by Gasteiger charge is -2.12. The number of halogens is 2. The molecule has 5 heteroatoms. The topological polar surface area (TPSA) is 48.6 Å². The summed E-state index contributed by atoms with van der Waals surface area (Å²) in [4.78, 5) is 16.7. The molecule has 0 amide bonds. The Morgan fingerprint density at radius 3 is 2.58 bits per heavy atom. The Balaban J connectivity index is 2.08. The first-order valence-corrected chi connectivity index (χ1v) is 7.27. The molecular weight excluding hydrogens is 375 g/mol. The van der Waals surface area contributed by atoms with Crippen molar-refractivity contribution in [3.8, 4) is 0 Å². The van der Waals surface area contributed by atoms with Gasteiger partial charge in [0.1, 0.15) is 0 Å². The highest BCUT2D eigenvalue weighted by Crippen LogP contribution is 2.32. The van der Waals surface area contributed by atoms with E-state index in [4.69, 9.17) is 11.6 Å². The lowest BCUT2D eigenvalue weighted by molar-refractivity contribution is 1.13. The van der Waals surface area contributed by atoms with Crippen LogP contribution in [0.5, 0.6) is 0 Å². The molecule has 3 rings (SSSR count). The smallest absolute Gasteiger partial charge is 0.306 e. The highest BCUT2D eigenvalue weighted by molar-refractivity contribution is 14.1. The molecule has 0 saturated carbocycles. The first-order chi connectivity index (χ1) is 9.15. The summed E-state index contributed by atoms with van der Waals surface area (Å²) in [6.45, 7) is 0. The van der Waals surface area contributed by atoms with Gasteiger partial charge in [-0.2, -0.15) is 0 Å². The van der Waals surface area contributed by atoms with Crippen LogP contribution in [0.25, 0.3) is 11.0 Å². The second kappa shape index (κ2) is 5.02. The van der Waals surface area contributed by atoms with E-state index in [-0.39, 0.29) is 11.1 Å². The van der Waals surface area contributed by atoms with Gasteiger partial charge in [-0.25, -0.2) is 4.79 Å². The van der Waals surface area contributed by atoms with Crippen LogP contribution in [0.4, 0.5) is 0 Å². The molecule has 2 N–H and O–H groups in total. The number of hydrogen-bond donors (Lipinski definition) is 2. The van der Waals surface area contributed by atoms with Crippen molar-refractivity contribution in [2.45, 2.75) is 5.38 Å². The average Bonchev–Trinajstić information content (AvgIpc) is 2.77. The van der Waals surface area contributed by atoms with Crippen molar-refractivity contribution >= 4 is 45.2 Å². The first-order valence-electron chi connectivity index (χ1n) is 5.75. The molecule has 1 heterocycles. The minimum atomic E-state index is -0.226. The standard InChI is InChI=1S/C14H10ClIN2O/c15-13(9-3-1-2-4-10(9)16)8-5-6-11-12(7-8)18-14(19)17-11/h1-7,13H,(H2,17,18,19). The van der Waals surface area contributed by atoms with Crippen molar-refractivity contribution in [1.29, 1.82) is 0 Å². The maximum Gasteiger partial charge on any atom is 0.323 e. The van der Waals surface area contributed by atoms with Crippen molar-refractivity contribution in [3.05, 3.63) is 67.6 Å². The van der Waals surface area contributed by atoms with Gasteiger partial charge < -0.3 is 9.97 Å². The van der Waals surface area contributed by atoms with E-state index in [1.807, 2.05) is 42.5 Å². The van der Waals surface area contributed by atoms with Gasteiger partial charge in [0.2, 0.25) is 0 Å². The zero-order valence-electron chi connectivity index (χ0n) is 9.78. The SMILES string of the molecule is O=c1[nH]c2ccc(C(Cl)c3ccccc3I)cc2[nH]1.